The van der Waals surface area contributed by atoms with E-state index in [-0.39, 0.29) is 0 Å². The van der Waals surface area contributed by atoms with Crippen LogP contribution in [0.2, 0.25) is 0 Å². The van der Waals surface area contributed by atoms with Gasteiger partial charge in [0.2, 0.25) is 0 Å². The van der Waals surface area contributed by atoms with Crippen LogP contribution in [0.1, 0.15) is 82.3 Å². The lowest BCUT2D eigenvalue weighted by atomic mass is 9.70. The topological polar surface area (TPSA) is 0 Å². The molecule has 0 nitrogen and oxygen atoms in total. The Kier molecular flexibility index (Phi) is 7.26. The summed E-state index contributed by atoms with van der Waals surface area (Å²) in [5, 5.41) is 0. The Morgan fingerprint density at radius 1 is 1.04 bits per heavy atom. The smallest absolute Gasteiger partial charge is 0.166 e. The molecular weight excluding hydrogens is 338 g/mol. The predicted octanol–water partition coefficient (Wildman–Crippen LogP) is 7.87. The largest absolute Gasteiger partial charge is 0.203 e. The molecule has 148 valence electrons. The first-order chi connectivity index (χ1) is 13.1. The number of rotatable bonds is 7. The van der Waals surface area contributed by atoms with Crippen molar-refractivity contribution in [2.75, 3.05) is 0 Å². The minimum atomic E-state index is -0.645. The normalized spacial score (nSPS) is 25.9. The Bertz CT molecular complexity index is 665. The van der Waals surface area contributed by atoms with E-state index in [9.17, 15) is 8.78 Å². The lowest BCUT2D eigenvalue weighted by Gasteiger charge is -2.35. The van der Waals surface area contributed by atoms with Crippen LogP contribution in [0.5, 0.6) is 0 Å². The van der Waals surface area contributed by atoms with E-state index in [0.29, 0.717) is 17.5 Å². The fraction of sp³-hybridized carbons (Fsp3) is 0.600. The first kappa shape index (κ1) is 20.3. The van der Waals surface area contributed by atoms with Gasteiger partial charge in [0, 0.05) is 5.56 Å². The highest BCUT2D eigenvalue weighted by molar-refractivity contribution is 5.67. The summed E-state index contributed by atoms with van der Waals surface area (Å²) in [6.45, 7) is 5.82. The summed E-state index contributed by atoms with van der Waals surface area (Å²) in [5.41, 5.74) is 1.99. The second-order valence-corrected chi connectivity index (χ2v) is 8.56. The first-order valence-electron chi connectivity index (χ1n) is 10.9. The van der Waals surface area contributed by atoms with Gasteiger partial charge in [-0.3, -0.25) is 0 Å². The molecule has 1 unspecified atom stereocenters. The third-order valence-electron chi connectivity index (χ3n) is 6.82. The van der Waals surface area contributed by atoms with Crippen molar-refractivity contribution in [2.45, 2.75) is 77.6 Å². The van der Waals surface area contributed by atoms with Gasteiger partial charge in [-0.15, -0.1) is 6.58 Å². The minimum absolute atomic E-state index is 0.485. The molecule has 1 aromatic rings. The molecule has 1 fully saturated rings. The number of hydrogen-bond acceptors (Lipinski definition) is 0. The van der Waals surface area contributed by atoms with Gasteiger partial charge in [-0.25, -0.2) is 8.78 Å². The van der Waals surface area contributed by atoms with Crippen LogP contribution in [0, 0.1) is 29.4 Å². The highest BCUT2D eigenvalue weighted by atomic mass is 19.2. The van der Waals surface area contributed by atoms with Crippen LogP contribution in [0.3, 0.4) is 0 Å². The third kappa shape index (κ3) is 4.89. The standard InChI is InChI=1S/C25H34F2/c1-3-5-7-18-8-10-19(11-9-18)20-12-14-21(15-13-20)23-17-16-22(6-4-2)24(26)25(23)27/h3,14,16-20H,1,4-13,15H2,2H3. The Morgan fingerprint density at radius 2 is 1.81 bits per heavy atom. The molecule has 0 heterocycles. The molecule has 0 saturated heterocycles. The monoisotopic (exact) mass is 372 g/mol. The van der Waals surface area contributed by atoms with Crippen LogP contribution >= 0.6 is 0 Å². The zero-order valence-electron chi connectivity index (χ0n) is 16.8. The SMILES string of the molecule is C=CCCC1CCC(C2CC=C(c3ccc(CCC)c(F)c3F)CC2)CC1. The van der Waals surface area contributed by atoms with Crippen molar-refractivity contribution in [3.63, 3.8) is 0 Å². The average molecular weight is 373 g/mol. The van der Waals surface area contributed by atoms with E-state index in [0.717, 1.165) is 55.4 Å². The molecule has 0 aliphatic heterocycles. The zero-order chi connectivity index (χ0) is 19.2. The molecule has 0 spiro atoms. The van der Waals surface area contributed by atoms with Crippen LogP contribution in [0.4, 0.5) is 8.78 Å². The fourth-order valence-electron chi connectivity index (χ4n) is 5.13. The molecule has 0 amide bonds. The van der Waals surface area contributed by atoms with E-state index in [1.807, 2.05) is 13.0 Å². The van der Waals surface area contributed by atoms with E-state index >= 15 is 0 Å². The second-order valence-electron chi connectivity index (χ2n) is 8.56. The minimum Gasteiger partial charge on any atom is -0.203 e. The van der Waals surface area contributed by atoms with Crippen molar-refractivity contribution in [3.8, 4) is 0 Å². The average Bonchev–Trinajstić information content (AvgIpc) is 2.71. The van der Waals surface area contributed by atoms with Crippen molar-refractivity contribution in [2.24, 2.45) is 17.8 Å². The molecule has 1 aromatic carbocycles. The molecule has 0 bridgehead atoms. The van der Waals surface area contributed by atoms with Crippen molar-refractivity contribution in [1.29, 1.82) is 0 Å². The highest BCUT2D eigenvalue weighted by Gasteiger charge is 2.29. The van der Waals surface area contributed by atoms with Crippen molar-refractivity contribution in [3.05, 3.63) is 53.6 Å². The number of benzene rings is 1. The number of halogens is 2. The molecular formula is C25H34F2. The number of hydrogen-bond donors (Lipinski definition) is 0. The van der Waals surface area contributed by atoms with E-state index < -0.39 is 11.6 Å². The fourth-order valence-corrected chi connectivity index (χ4v) is 5.13. The first-order valence-corrected chi connectivity index (χ1v) is 10.9. The van der Waals surface area contributed by atoms with Gasteiger partial charge >= 0.3 is 0 Å². The van der Waals surface area contributed by atoms with Crippen LogP contribution in [0.15, 0.2) is 30.9 Å². The molecule has 1 atom stereocenters. The molecule has 27 heavy (non-hydrogen) atoms. The molecule has 0 radical (unpaired) electrons. The van der Waals surface area contributed by atoms with Crippen LogP contribution in [-0.2, 0) is 6.42 Å². The van der Waals surface area contributed by atoms with Gasteiger partial charge in [0.1, 0.15) is 0 Å². The van der Waals surface area contributed by atoms with Crippen LogP contribution in [-0.4, -0.2) is 0 Å². The molecule has 2 aliphatic rings. The summed E-state index contributed by atoms with van der Waals surface area (Å²) < 4.78 is 28.8. The quantitative estimate of drug-likeness (QED) is 0.427. The van der Waals surface area contributed by atoms with Crippen molar-refractivity contribution in [1.82, 2.24) is 0 Å². The Balaban J connectivity index is 1.59. The summed E-state index contributed by atoms with van der Waals surface area (Å²) >= 11 is 0. The van der Waals surface area contributed by atoms with Gasteiger partial charge in [-0.1, -0.05) is 50.5 Å². The summed E-state index contributed by atoms with van der Waals surface area (Å²) in [5.74, 6) is 1.13. The van der Waals surface area contributed by atoms with E-state index in [4.69, 9.17) is 0 Å². The maximum atomic E-state index is 14.5. The number of aryl methyl sites for hydroxylation is 1. The lowest BCUT2D eigenvalue weighted by Crippen LogP contribution is -2.23. The van der Waals surface area contributed by atoms with Gasteiger partial charge in [-0.2, -0.15) is 0 Å². The Labute approximate surface area is 163 Å². The predicted molar refractivity (Wildman–Crippen MR) is 111 cm³/mol. The molecule has 2 aliphatic carbocycles. The van der Waals surface area contributed by atoms with E-state index in [1.54, 1.807) is 12.1 Å². The van der Waals surface area contributed by atoms with Gasteiger partial charge in [-0.05, 0) is 80.3 Å². The Morgan fingerprint density at radius 3 is 2.44 bits per heavy atom. The van der Waals surface area contributed by atoms with Crippen molar-refractivity contribution >= 4 is 5.57 Å². The van der Waals surface area contributed by atoms with Crippen LogP contribution < -0.4 is 0 Å². The van der Waals surface area contributed by atoms with Gasteiger partial charge in [0.25, 0.3) is 0 Å². The summed E-state index contributed by atoms with van der Waals surface area (Å²) in [4.78, 5) is 0. The summed E-state index contributed by atoms with van der Waals surface area (Å²) in [7, 11) is 0. The summed E-state index contributed by atoms with van der Waals surface area (Å²) in [6.07, 6.45) is 16.5. The molecule has 2 heteroatoms. The van der Waals surface area contributed by atoms with Crippen LogP contribution in [0.25, 0.3) is 5.57 Å². The molecule has 1 saturated carbocycles. The van der Waals surface area contributed by atoms with Crippen molar-refractivity contribution < 1.29 is 8.78 Å². The molecule has 0 N–H and O–H groups in total. The second kappa shape index (κ2) is 9.66. The van der Waals surface area contributed by atoms with Gasteiger partial charge in [0.15, 0.2) is 11.6 Å². The van der Waals surface area contributed by atoms with E-state index in [1.165, 1.54) is 32.1 Å². The van der Waals surface area contributed by atoms with Gasteiger partial charge < -0.3 is 0 Å². The maximum absolute atomic E-state index is 14.5. The molecule has 0 aromatic heterocycles. The molecule has 3 rings (SSSR count). The lowest BCUT2D eigenvalue weighted by molar-refractivity contribution is 0.190. The van der Waals surface area contributed by atoms with Gasteiger partial charge in [0.05, 0.1) is 0 Å². The third-order valence-corrected chi connectivity index (χ3v) is 6.82. The zero-order valence-corrected chi connectivity index (χ0v) is 16.8. The summed E-state index contributed by atoms with van der Waals surface area (Å²) in [6, 6.07) is 3.56. The number of allylic oxidation sites excluding steroid dienone is 3. The highest BCUT2D eigenvalue weighted by Crippen LogP contribution is 2.42. The maximum Gasteiger partial charge on any atom is 0.166 e. The van der Waals surface area contributed by atoms with E-state index in [2.05, 4.69) is 12.7 Å². The Hall–Kier alpha value is -1.44.